The van der Waals surface area contributed by atoms with E-state index in [9.17, 15) is 4.79 Å². The van der Waals surface area contributed by atoms with Gasteiger partial charge in [0.1, 0.15) is 0 Å². The minimum Gasteiger partial charge on any atom is -0.356 e. The van der Waals surface area contributed by atoms with Crippen LogP contribution >= 0.6 is 0 Å². The number of rotatable bonds is 7. The number of hydrogen-bond donors (Lipinski definition) is 2. The average molecular weight is 288 g/mol. The van der Waals surface area contributed by atoms with Crippen molar-refractivity contribution in [1.82, 2.24) is 10.6 Å². The molecule has 2 N–H and O–H groups in total. The molecule has 1 amide bonds. The van der Waals surface area contributed by atoms with E-state index in [-0.39, 0.29) is 5.91 Å². The lowest BCUT2D eigenvalue weighted by atomic mass is 9.80. The zero-order valence-electron chi connectivity index (χ0n) is 13.1. The van der Waals surface area contributed by atoms with E-state index in [2.05, 4.69) is 47.9 Å². The Bertz CT molecular complexity index is 418. The van der Waals surface area contributed by atoms with Gasteiger partial charge in [-0.25, -0.2) is 0 Å². The van der Waals surface area contributed by atoms with Crippen molar-refractivity contribution in [3.63, 3.8) is 0 Å². The molecule has 0 spiro atoms. The van der Waals surface area contributed by atoms with Crippen LogP contribution in [0.5, 0.6) is 0 Å². The van der Waals surface area contributed by atoms with Crippen LogP contribution in [0.25, 0.3) is 0 Å². The summed E-state index contributed by atoms with van der Waals surface area (Å²) in [4.78, 5) is 11.6. The van der Waals surface area contributed by atoms with Gasteiger partial charge in [-0.3, -0.25) is 4.79 Å². The van der Waals surface area contributed by atoms with Gasteiger partial charge >= 0.3 is 0 Å². The number of nitrogens with one attached hydrogen (secondary N) is 2. The maximum atomic E-state index is 11.6. The minimum absolute atomic E-state index is 0.163. The van der Waals surface area contributed by atoms with Crippen LogP contribution in [0.2, 0.25) is 0 Å². The van der Waals surface area contributed by atoms with Gasteiger partial charge in [0, 0.05) is 25.6 Å². The van der Waals surface area contributed by atoms with E-state index in [0.717, 1.165) is 19.5 Å². The Kier molecular flexibility index (Phi) is 6.74. The number of hydrogen-bond acceptors (Lipinski definition) is 2. The molecule has 116 valence electrons. The van der Waals surface area contributed by atoms with Crippen LogP contribution in [0.1, 0.15) is 56.9 Å². The number of amides is 1. The fourth-order valence-electron chi connectivity index (χ4n) is 3.20. The molecule has 3 nitrogen and oxygen atoms in total. The second-order valence-electron chi connectivity index (χ2n) is 5.96. The zero-order chi connectivity index (χ0) is 14.9. The van der Waals surface area contributed by atoms with Gasteiger partial charge < -0.3 is 10.6 Å². The second kappa shape index (κ2) is 8.83. The van der Waals surface area contributed by atoms with Gasteiger partial charge in [0.2, 0.25) is 5.91 Å². The predicted molar refractivity (Wildman–Crippen MR) is 87.4 cm³/mol. The lowest BCUT2D eigenvalue weighted by Gasteiger charge is -2.32. The van der Waals surface area contributed by atoms with Crippen LogP contribution < -0.4 is 10.6 Å². The Morgan fingerprint density at radius 1 is 1.14 bits per heavy atom. The van der Waals surface area contributed by atoms with Gasteiger partial charge in [-0.1, -0.05) is 50.1 Å². The first-order valence-electron chi connectivity index (χ1n) is 8.36. The van der Waals surface area contributed by atoms with E-state index < -0.39 is 0 Å². The summed E-state index contributed by atoms with van der Waals surface area (Å²) in [6.07, 6.45) is 6.66. The lowest BCUT2D eigenvalue weighted by Crippen LogP contribution is -2.39. The molecule has 2 atom stereocenters. The van der Waals surface area contributed by atoms with Crippen molar-refractivity contribution in [2.24, 2.45) is 0 Å². The first-order valence-corrected chi connectivity index (χ1v) is 8.36. The first-order chi connectivity index (χ1) is 10.3. The van der Waals surface area contributed by atoms with Crippen LogP contribution in [-0.4, -0.2) is 25.0 Å². The van der Waals surface area contributed by atoms with Crippen molar-refractivity contribution >= 4 is 5.91 Å². The standard InChI is InChI=1S/C18H28N2O/c1-2-13-20-18(21)12-14-19-17-11-7-6-10-16(17)15-8-4-3-5-9-15/h3-5,8-9,16-17,19H,2,6-7,10-14H2,1H3,(H,20,21). The summed E-state index contributed by atoms with van der Waals surface area (Å²) in [5.41, 5.74) is 1.44. The highest BCUT2D eigenvalue weighted by molar-refractivity contribution is 5.75. The first kappa shape index (κ1) is 16.0. The summed E-state index contributed by atoms with van der Waals surface area (Å²) in [5.74, 6) is 0.759. The molecular weight excluding hydrogens is 260 g/mol. The molecule has 0 heterocycles. The molecule has 1 aliphatic carbocycles. The van der Waals surface area contributed by atoms with Gasteiger partial charge in [-0.15, -0.1) is 0 Å². The third-order valence-electron chi connectivity index (χ3n) is 4.32. The van der Waals surface area contributed by atoms with Gasteiger partial charge in [-0.2, -0.15) is 0 Å². The Hall–Kier alpha value is -1.35. The van der Waals surface area contributed by atoms with Crippen molar-refractivity contribution in [1.29, 1.82) is 0 Å². The van der Waals surface area contributed by atoms with Gasteiger partial charge in [0.05, 0.1) is 0 Å². The molecule has 1 aromatic rings. The van der Waals surface area contributed by atoms with Gasteiger partial charge in [0.25, 0.3) is 0 Å². The van der Waals surface area contributed by atoms with E-state index in [1.54, 1.807) is 0 Å². The highest BCUT2D eigenvalue weighted by Crippen LogP contribution is 2.32. The molecule has 1 aromatic carbocycles. The van der Waals surface area contributed by atoms with Crippen molar-refractivity contribution in [3.05, 3.63) is 35.9 Å². The molecule has 1 fully saturated rings. The highest BCUT2D eigenvalue weighted by atomic mass is 16.1. The lowest BCUT2D eigenvalue weighted by molar-refractivity contribution is -0.121. The summed E-state index contributed by atoms with van der Waals surface area (Å²) in [7, 11) is 0. The third kappa shape index (κ3) is 5.16. The van der Waals surface area contributed by atoms with Crippen LogP contribution in [0.15, 0.2) is 30.3 Å². The predicted octanol–water partition coefficient (Wildman–Crippen LogP) is 3.22. The quantitative estimate of drug-likeness (QED) is 0.809. The monoisotopic (exact) mass is 288 g/mol. The maximum Gasteiger partial charge on any atom is 0.221 e. The molecule has 0 aliphatic heterocycles. The molecule has 21 heavy (non-hydrogen) atoms. The second-order valence-corrected chi connectivity index (χ2v) is 5.96. The molecule has 2 unspecified atom stereocenters. The van der Waals surface area contributed by atoms with E-state index in [1.165, 1.54) is 31.2 Å². The topological polar surface area (TPSA) is 41.1 Å². The molecule has 0 radical (unpaired) electrons. The largest absolute Gasteiger partial charge is 0.356 e. The Balaban J connectivity index is 1.81. The van der Waals surface area contributed by atoms with Crippen LogP contribution in [0.3, 0.4) is 0 Å². The zero-order valence-corrected chi connectivity index (χ0v) is 13.1. The molecule has 3 heteroatoms. The summed E-state index contributed by atoms with van der Waals surface area (Å²) < 4.78 is 0. The van der Waals surface area contributed by atoms with Crippen molar-refractivity contribution in [2.75, 3.05) is 13.1 Å². The summed E-state index contributed by atoms with van der Waals surface area (Å²) >= 11 is 0. The summed E-state index contributed by atoms with van der Waals surface area (Å²) in [6, 6.07) is 11.3. The van der Waals surface area contributed by atoms with Gasteiger partial charge in [0.15, 0.2) is 0 Å². The van der Waals surface area contributed by atoms with E-state index in [0.29, 0.717) is 18.4 Å². The Morgan fingerprint density at radius 2 is 1.90 bits per heavy atom. The Morgan fingerprint density at radius 3 is 2.67 bits per heavy atom. The number of carbonyl (C=O) groups excluding carboxylic acids is 1. The molecule has 0 bridgehead atoms. The normalized spacial score (nSPS) is 22.0. The molecule has 1 aliphatic rings. The van der Waals surface area contributed by atoms with Crippen molar-refractivity contribution in [3.8, 4) is 0 Å². The molecular formula is C18H28N2O. The molecule has 0 saturated heterocycles. The smallest absolute Gasteiger partial charge is 0.221 e. The molecule has 2 rings (SSSR count). The molecule has 1 saturated carbocycles. The minimum atomic E-state index is 0.163. The third-order valence-corrected chi connectivity index (χ3v) is 4.32. The highest BCUT2D eigenvalue weighted by Gasteiger charge is 2.25. The summed E-state index contributed by atoms with van der Waals surface area (Å²) in [6.45, 7) is 3.64. The van der Waals surface area contributed by atoms with E-state index >= 15 is 0 Å². The summed E-state index contributed by atoms with van der Waals surface area (Å²) in [5, 5.41) is 6.55. The Labute approximate surface area is 128 Å². The van der Waals surface area contributed by atoms with Crippen molar-refractivity contribution < 1.29 is 4.79 Å². The molecule has 0 aromatic heterocycles. The van der Waals surface area contributed by atoms with E-state index in [1.807, 2.05) is 0 Å². The van der Waals surface area contributed by atoms with Gasteiger partial charge in [-0.05, 0) is 30.7 Å². The number of benzene rings is 1. The van der Waals surface area contributed by atoms with Crippen LogP contribution in [-0.2, 0) is 4.79 Å². The fourth-order valence-corrected chi connectivity index (χ4v) is 3.20. The average Bonchev–Trinajstić information content (AvgIpc) is 2.54. The fraction of sp³-hybridized carbons (Fsp3) is 0.611. The number of carbonyl (C=O) groups is 1. The van der Waals surface area contributed by atoms with Crippen LogP contribution in [0, 0.1) is 0 Å². The van der Waals surface area contributed by atoms with Crippen LogP contribution in [0.4, 0.5) is 0 Å². The maximum absolute atomic E-state index is 11.6. The SMILES string of the molecule is CCCNC(=O)CCNC1CCCCC1c1ccccc1. The van der Waals surface area contributed by atoms with E-state index in [4.69, 9.17) is 0 Å². The van der Waals surface area contributed by atoms with Crippen molar-refractivity contribution in [2.45, 2.75) is 57.4 Å².